The Morgan fingerprint density at radius 2 is 1.54 bits per heavy atom. The molecule has 0 aliphatic carbocycles. The molecule has 0 aliphatic rings. The molecule has 0 saturated heterocycles. The van der Waals surface area contributed by atoms with Crippen LogP contribution in [0.15, 0.2) is 6.20 Å². The number of nitrogens with two attached hydrogens (primary N) is 1. The molecule has 5 nitrogen and oxygen atoms in total. The third-order valence-corrected chi connectivity index (χ3v) is 4.85. The summed E-state index contributed by atoms with van der Waals surface area (Å²) in [6, 6.07) is 0. The highest BCUT2D eigenvalue weighted by atomic mass is 16.1. The molecule has 4 N–H and O–H groups in total. The number of carbonyl (C=O) groups is 1. The number of aryl methyl sites for hydroxylation is 1. The van der Waals surface area contributed by atoms with E-state index in [2.05, 4.69) is 22.2 Å². The number of H-pyrrole nitrogens is 1. The van der Waals surface area contributed by atoms with Gasteiger partial charge >= 0.3 is 0 Å². The van der Waals surface area contributed by atoms with Gasteiger partial charge in [-0.05, 0) is 19.3 Å². The van der Waals surface area contributed by atoms with E-state index < -0.39 is 0 Å². The highest BCUT2D eigenvalue weighted by Crippen LogP contribution is 2.11. The summed E-state index contributed by atoms with van der Waals surface area (Å²) in [7, 11) is 0. The molecule has 0 aromatic carbocycles. The van der Waals surface area contributed by atoms with Gasteiger partial charge in [-0.2, -0.15) is 0 Å². The van der Waals surface area contributed by atoms with Gasteiger partial charge in [-0.3, -0.25) is 4.79 Å². The van der Waals surface area contributed by atoms with Gasteiger partial charge in [0.05, 0.1) is 6.20 Å². The van der Waals surface area contributed by atoms with E-state index in [4.69, 9.17) is 5.73 Å². The Hall–Kier alpha value is -1.52. The molecule has 1 aromatic heterocycles. The van der Waals surface area contributed by atoms with Gasteiger partial charge in [0.1, 0.15) is 0 Å². The van der Waals surface area contributed by atoms with Crippen molar-refractivity contribution in [3.63, 3.8) is 0 Å². The van der Waals surface area contributed by atoms with E-state index in [1.54, 1.807) is 6.20 Å². The lowest BCUT2D eigenvalue weighted by Crippen LogP contribution is -2.24. The molecular weight excluding hydrogens is 324 g/mol. The maximum absolute atomic E-state index is 11.8. The third-order valence-electron chi connectivity index (χ3n) is 4.85. The third kappa shape index (κ3) is 12.8. The second kappa shape index (κ2) is 15.7. The van der Waals surface area contributed by atoms with Crippen LogP contribution in [0, 0.1) is 0 Å². The number of anilines is 1. The maximum Gasteiger partial charge on any atom is 0.220 e. The average Bonchev–Trinajstić information content (AvgIpc) is 3.04. The number of nitrogens with one attached hydrogen (secondary N) is 2. The van der Waals surface area contributed by atoms with Crippen LogP contribution < -0.4 is 11.1 Å². The van der Waals surface area contributed by atoms with Crippen LogP contribution in [-0.4, -0.2) is 22.4 Å². The summed E-state index contributed by atoms with van der Waals surface area (Å²) in [6.07, 6.45) is 20.1. The van der Waals surface area contributed by atoms with E-state index in [9.17, 15) is 4.79 Å². The van der Waals surface area contributed by atoms with Crippen molar-refractivity contribution in [1.82, 2.24) is 15.3 Å². The number of amides is 1. The number of nitrogens with zero attached hydrogens (tertiary/aromatic N) is 1. The zero-order valence-electron chi connectivity index (χ0n) is 16.8. The molecule has 5 heteroatoms. The van der Waals surface area contributed by atoms with Gasteiger partial charge in [0.25, 0.3) is 0 Å². The minimum atomic E-state index is 0.153. The van der Waals surface area contributed by atoms with Crippen LogP contribution in [0.4, 0.5) is 5.95 Å². The van der Waals surface area contributed by atoms with Crippen LogP contribution in [0.1, 0.15) is 103 Å². The zero-order valence-corrected chi connectivity index (χ0v) is 16.8. The van der Waals surface area contributed by atoms with Gasteiger partial charge in [0.2, 0.25) is 5.91 Å². The topological polar surface area (TPSA) is 83.8 Å². The van der Waals surface area contributed by atoms with E-state index in [0.717, 1.165) is 31.5 Å². The van der Waals surface area contributed by atoms with Crippen LogP contribution in [0.5, 0.6) is 0 Å². The number of hydrogen-bond acceptors (Lipinski definition) is 3. The van der Waals surface area contributed by atoms with Crippen molar-refractivity contribution in [3.05, 3.63) is 11.9 Å². The van der Waals surface area contributed by atoms with E-state index in [1.807, 2.05) is 0 Å². The zero-order chi connectivity index (χ0) is 18.9. The summed E-state index contributed by atoms with van der Waals surface area (Å²) < 4.78 is 0. The Morgan fingerprint density at radius 3 is 2.08 bits per heavy atom. The quantitative estimate of drug-likeness (QED) is 0.335. The number of carbonyl (C=O) groups excluding carboxylic acids is 1. The first-order valence-electron chi connectivity index (χ1n) is 10.8. The van der Waals surface area contributed by atoms with Crippen molar-refractivity contribution in [2.75, 3.05) is 12.3 Å². The van der Waals surface area contributed by atoms with E-state index in [-0.39, 0.29) is 5.91 Å². The molecule has 0 spiro atoms. The second-order valence-corrected chi connectivity index (χ2v) is 7.39. The molecule has 0 fully saturated rings. The van der Waals surface area contributed by atoms with Crippen LogP contribution in [0.25, 0.3) is 0 Å². The van der Waals surface area contributed by atoms with Gasteiger partial charge in [-0.15, -0.1) is 0 Å². The van der Waals surface area contributed by atoms with Gasteiger partial charge < -0.3 is 16.0 Å². The summed E-state index contributed by atoms with van der Waals surface area (Å²) in [6.45, 7) is 3.08. The Bertz CT molecular complexity index is 459. The van der Waals surface area contributed by atoms with Gasteiger partial charge in [-0.1, -0.05) is 77.6 Å². The number of imidazole rings is 1. The first kappa shape index (κ1) is 22.5. The number of unbranched alkanes of at least 4 members (excludes halogenated alkanes) is 11. The fourth-order valence-electron chi connectivity index (χ4n) is 3.23. The lowest BCUT2D eigenvalue weighted by molar-refractivity contribution is -0.121. The van der Waals surface area contributed by atoms with Gasteiger partial charge in [0.15, 0.2) is 5.95 Å². The van der Waals surface area contributed by atoms with Gasteiger partial charge in [-0.25, -0.2) is 4.98 Å². The fourth-order valence-corrected chi connectivity index (χ4v) is 3.23. The molecule has 0 bridgehead atoms. The lowest BCUT2D eigenvalue weighted by Gasteiger charge is -2.05. The first-order chi connectivity index (χ1) is 12.7. The van der Waals surface area contributed by atoms with Crippen molar-refractivity contribution < 1.29 is 4.79 Å². The first-order valence-corrected chi connectivity index (χ1v) is 10.8. The second-order valence-electron chi connectivity index (χ2n) is 7.39. The van der Waals surface area contributed by atoms with Crippen LogP contribution in [0.2, 0.25) is 0 Å². The number of aromatic amines is 1. The molecule has 1 heterocycles. The molecule has 1 amide bonds. The average molecular weight is 365 g/mol. The number of aromatic nitrogens is 2. The van der Waals surface area contributed by atoms with Crippen molar-refractivity contribution >= 4 is 11.9 Å². The van der Waals surface area contributed by atoms with E-state index in [0.29, 0.717) is 12.4 Å². The van der Waals surface area contributed by atoms with Gasteiger partial charge in [0, 0.05) is 18.7 Å². The Labute approximate surface area is 159 Å². The highest BCUT2D eigenvalue weighted by molar-refractivity contribution is 5.75. The fraction of sp³-hybridized carbons (Fsp3) is 0.810. The largest absolute Gasteiger partial charge is 0.369 e. The lowest BCUT2D eigenvalue weighted by atomic mass is 10.1. The molecule has 26 heavy (non-hydrogen) atoms. The molecule has 0 unspecified atom stereocenters. The number of nitrogen functional groups attached to an aromatic ring is 1. The summed E-state index contributed by atoms with van der Waals surface area (Å²) in [5, 5.41) is 3.02. The highest BCUT2D eigenvalue weighted by Gasteiger charge is 2.02. The molecular formula is C21H40N4O. The molecule has 1 rings (SSSR count). The summed E-state index contributed by atoms with van der Waals surface area (Å²) in [4.78, 5) is 18.7. The van der Waals surface area contributed by atoms with Crippen molar-refractivity contribution in [2.24, 2.45) is 0 Å². The predicted molar refractivity (Wildman–Crippen MR) is 110 cm³/mol. The Kier molecular flexibility index (Phi) is 13.6. The van der Waals surface area contributed by atoms with E-state index >= 15 is 0 Å². The minimum absolute atomic E-state index is 0.153. The summed E-state index contributed by atoms with van der Waals surface area (Å²) in [5.74, 6) is 0.594. The smallest absolute Gasteiger partial charge is 0.220 e. The number of rotatable bonds is 17. The van der Waals surface area contributed by atoms with Crippen molar-refractivity contribution in [3.8, 4) is 0 Å². The normalized spacial score (nSPS) is 11.0. The summed E-state index contributed by atoms with van der Waals surface area (Å²) in [5.41, 5.74) is 6.52. The molecule has 0 atom stereocenters. The maximum atomic E-state index is 11.8. The van der Waals surface area contributed by atoms with Crippen LogP contribution in [0.3, 0.4) is 0 Å². The molecule has 150 valence electrons. The molecule has 1 aromatic rings. The van der Waals surface area contributed by atoms with E-state index in [1.165, 1.54) is 70.6 Å². The van der Waals surface area contributed by atoms with Crippen LogP contribution in [-0.2, 0) is 11.2 Å². The summed E-state index contributed by atoms with van der Waals surface area (Å²) >= 11 is 0. The van der Waals surface area contributed by atoms with Crippen molar-refractivity contribution in [1.29, 1.82) is 0 Å². The Balaban J connectivity index is 1.79. The standard InChI is InChI=1S/C21H40N4O/c1-2-3-4-5-6-7-8-9-10-11-12-13-17-23-20(26)16-14-15-19-18-24-21(22)25-19/h18H,2-17H2,1H3,(H,23,26)(H3,22,24,25). The monoisotopic (exact) mass is 364 g/mol. The Morgan fingerprint density at radius 1 is 0.962 bits per heavy atom. The van der Waals surface area contributed by atoms with Crippen molar-refractivity contribution in [2.45, 2.75) is 103 Å². The van der Waals surface area contributed by atoms with Crippen LogP contribution >= 0.6 is 0 Å². The number of hydrogen-bond donors (Lipinski definition) is 3. The molecule has 0 aliphatic heterocycles. The SMILES string of the molecule is CCCCCCCCCCCCCCNC(=O)CCCc1cnc(N)[nH]1. The molecule has 0 radical (unpaired) electrons. The minimum Gasteiger partial charge on any atom is -0.369 e. The predicted octanol–water partition coefficient (Wildman–Crippen LogP) is 5.13. The molecule has 0 saturated carbocycles.